The quantitative estimate of drug-likeness (QED) is 0.529. The van der Waals surface area contributed by atoms with Crippen molar-refractivity contribution in [2.24, 2.45) is 5.73 Å². The number of hydrogen-bond donors (Lipinski definition) is 1. The van der Waals surface area contributed by atoms with Crippen molar-refractivity contribution in [3.63, 3.8) is 0 Å². The first kappa shape index (κ1) is 19.0. The Balaban J connectivity index is 2.04. The molecule has 0 radical (unpaired) electrons. The van der Waals surface area contributed by atoms with Crippen molar-refractivity contribution in [2.75, 3.05) is 19.8 Å². The van der Waals surface area contributed by atoms with Gasteiger partial charge in [0.2, 0.25) is 0 Å². The van der Waals surface area contributed by atoms with E-state index in [-0.39, 0.29) is 11.9 Å². The molecule has 2 aromatic rings. The largest absolute Gasteiger partial charge is 0.494 e. The van der Waals surface area contributed by atoms with E-state index in [0.717, 1.165) is 24.2 Å². The second-order valence-electron chi connectivity index (χ2n) is 5.96. The summed E-state index contributed by atoms with van der Waals surface area (Å²) in [4.78, 5) is 12.0. The zero-order valence-electron chi connectivity index (χ0n) is 14.8. The third kappa shape index (κ3) is 6.59. The first-order chi connectivity index (χ1) is 12.2. The van der Waals surface area contributed by atoms with Crippen LogP contribution in [0.3, 0.4) is 0 Å². The molecule has 0 aromatic heterocycles. The van der Waals surface area contributed by atoms with Crippen LogP contribution >= 0.6 is 0 Å². The van der Waals surface area contributed by atoms with Gasteiger partial charge in [-0.2, -0.15) is 0 Å². The normalized spacial score (nSPS) is 11.8. The summed E-state index contributed by atoms with van der Waals surface area (Å²) < 4.78 is 10.8. The van der Waals surface area contributed by atoms with E-state index in [1.165, 1.54) is 5.56 Å². The monoisotopic (exact) mass is 341 g/mol. The second-order valence-corrected chi connectivity index (χ2v) is 5.96. The molecule has 0 fully saturated rings. The molecular formula is C21H27NO3. The third-order valence-electron chi connectivity index (χ3n) is 4.01. The van der Waals surface area contributed by atoms with Crippen LogP contribution in [0.15, 0.2) is 54.6 Å². The van der Waals surface area contributed by atoms with Crippen LogP contribution in [0.1, 0.15) is 36.8 Å². The maximum atomic E-state index is 12.0. The van der Waals surface area contributed by atoms with Gasteiger partial charge in [0, 0.05) is 0 Å². The van der Waals surface area contributed by atoms with E-state index >= 15 is 0 Å². The molecule has 25 heavy (non-hydrogen) atoms. The molecule has 134 valence electrons. The Morgan fingerprint density at radius 2 is 1.80 bits per heavy atom. The average molecular weight is 341 g/mol. The Bertz CT molecular complexity index is 625. The summed E-state index contributed by atoms with van der Waals surface area (Å²) in [5, 5.41) is 0. The van der Waals surface area contributed by atoms with E-state index in [9.17, 15) is 4.79 Å². The topological polar surface area (TPSA) is 61.5 Å². The fraction of sp³-hybridized carbons (Fsp3) is 0.381. The van der Waals surface area contributed by atoms with E-state index in [1.807, 2.05) is 37.3 Å². The summed E-state index contributed by atoms with van der Waals surface area (Å²) in [6.45, 7) is 3.50. The van der Waals surface area contributed by atoms with Crippen molar-refractivity contribution in [2.45, 2.75) is 32.1 Å². The number of rotatable bonds is 10. The Labute approximate surface area is 150 Å². The lowest BCUT2D eigenvalue weighted by molar-refractivity contribution is -0.143. The maximum absolute atomic E-state index is 12.0. The summed E-state index contributed by atoms with van der Waals surface area (Å²) >= 11 is 0. The molecule has 0 aliphatic rings. The summed E-state index contributed by atoms with van der Waals surface area (Å²) in [6.07, 6.45) is 2.01. The first-order valence-corrected chi connectivity index (χ1v) is 8.85. The van der Waals surface area contributed by atoms with Crippen LogP contribution in [0.25, 0.3) is 0 Å². The summed E-state index contributed by atoms with van der Waals surface area (Å²) in [5.74, 6) is 0.793. The van der Waals surface area contributed by atoms with E-state index < -0.39 is 0 Å². The third-order valence-corrected chi connectivity index (χ3v) is 4.01. The minimum atomic E-state index is -0.155. The van der Waals surface area contributed by atoms with Crippen LogP contribution in [0.4, 0.5) is 0 Å². The van der Waals surface area contributed by atoms with Crippen LogP contribution in [0.2, 0.25) is 0 Å². The van der Waals surface area contributed by atoms with Gasteiger partial charge in [0.1, 0.15) is 5.75 Å². The Kier molecular flexibility index (Phi) is 7.99. The van der Waals surface area contributed by atoms with Crippen LogP contribution in [0.5, 0.6) is 5.75 Å². The van der Waals surface area contributed by atoms with Crippen LogP contribution in [-0.4, -0.2) is 25.7 Å². The van der Waals surface area contributed by atoms with Gasteiger partial charge in [0.05, 0.1) is 19.6 Å². The first-order valence-electron chi connectivity index (χ1n) is 8.85. The van der Waals surface area contributed by atoms with Crippen molar-refractivity contribution in [3.05, 3.63) is 65.7 Å². The zero-order valence-corrected chi connectivity index (χ0v) is 14.8. The lowest BCUT2D eigenvalue weighted by atomic mass is 9.89. The number of ether oxygens (including phenoxy) is 2. The van der Waals surface area contributed by atoms with Crippen molar-refractivity contribution in [1.29, 1.82) is 0 Å². The highest BCUT2D eigenvalue weighted by Gasteiger charge is 2.17. The van der Waals surface area contributed by atoms with Crippen molar-refractivity contribution in [1.82, 2.24) is 0 Å². The summed E-state index contributed by atoms with van der Waals surface area (Å²) in [7, 11) is 0. The Hall–Kier alpha value is -2.33. The van der Waals surface area contributed by atoms with E-state index in [4.69, 9.17) is 15.2 Å². The molecule has 0 bridgehead atoms. The molecule has 1 atom stereocenters. The van der Waals surface area contributed by atoms with Crippen molar-refractivity contribution in [3.8, 4) is 5.75 Å². The van der Waals surface area contributed by atoms with Crippen LogP contribution in [0, 0.1) is 0 Å². The standard InChI is InChI=1S/C21H27NO3/c1-2-24-21(23)16-19(18-7-4-3-5-8-18)15-17-9-11-20(12-10-17)25-14-6-13-22/h3-5,7-12,19H,2,6,13-16,22H2,1H3/t19-/m0/s1. The lowest BCUT2D eigenvalue weighted by Gasteiger charge is -2.17. The number of esters is 1. The van der Waals surface area contributed by atoms with Gasteiger partial charge in [0.25, 0.3) is 0 Å². The SMILES string of the molecule is CCOC(=O)C[C@H](Cc1ccc(OCCCN)cc1)c1ccccc1. The predicted molar refractivity (Wildman–Crippen MR) is 99.7 cm³/mol. The fourth-order valence-electron chi connectivity index (χ4n) is 2.73. The smallest absolute Gasteiger partial charge is 0.306 e. The van der Waals surface area contributed by atoms with Gasteiger partial charge in [-0.05, 0) is 55.5 Å². The molecule has 0 heterocycles. The number of nitrogens with two attached hydrogens (primary N) is 1. The van der Waals surface area contributed by atoms with E-state index in [0.29, 0.717) is 26.2 Å². The molecule has 2 aromatic carbocycles. The highest BCUT2D eigenvalue weighted by molar-refractivity contribution is 5.70. The number of hydrogen-bond acceptors (Lipinski definition) is 4. The van der Waals surface area contributed by atoms with Crippen LogP contribution in [-0.2, 0) is 16.0 Å². The van der Waals surface area contributed by atoms with Crippen molar-refractivity contribution < 1.29 is 14.3 Å². The minimum absolute atomic E-state index is 0.101. The summed E-state index contributed by atoms with van der Waals surface area (Å²) in [6, 6.07) is 18.2. The molecule has 0 spiro atoms. The van der Waals surface area contributed by atoms with Crippen LogP contribution < -0.4 is 10.5 Å². The Morgan fingerprint density at radius 3 is 2.44 bits per heavy atom. The second kappa shape index (κ2) is 10.5. The maximum Gasteiger partial charge on any atom is 0.306 e. The van der Waals surface area contributed by atoms with Crippen molar-refractivity contribution >= 4 is 5.97 Å². The number of carbonyl (C=O) groups is 1. The van der Waals surface area contributed by atoms with Gasteiger partial charge in [-0.3, -0.25) is 4.79 Å². The summed E-state index contributed by atoms with van der Waals surface area (Å²) in [5.41, 5.74) is 7.79. The fourth-order valence-corrected chi connectivity index (χ4v) is 2.73. The molecule has 4 heteroatoms. The highest BCUT2D eigenvalue weighted by atomic mass is 16.5. The molecule has 4 nitrogen and oxygen atoms in total. The molecule has 2 rings (SSSR count). The molecule has 0 amide bonds. The molecule has 0 saturated carbocycles. The van der Waals surface area contributed by atoms with Gasteiger partial charge in [-0.1, -0.05) is 42.5 Å². The van der Waals surface area contributed by atoms with E-state index in [2.05, 4.69) is 24.3 Å². The molecule has 0 aliphatic heterocycles. The Morgan fingerprint density at radius 1 is 1.08 bits per heavy atom. The minimum Gasteiger partial charge on any atom is -0.494 e. The lowest BCUT2D eigenvalue weighted by Crippen LogP contribution is -2.12. The molecule has 0 aliphatic carbocycles. The van der Waals surface area contributed by atoms with Gasteiger partial charge in [0.15, 0.2) is 0 Å². The molecular weight excluding hydrogens is 314 g/mol. The predicted octanol–water partition coefficient (Wildman–Crippen LogP) is 3.69. The van der Waals surface area contributed by atoms with Gasteiger partial charge < -0.3 is 15.2 Å². The van der Waals surface area contributed by atoms with Gasteiger partial charge in [-0.25, -0.2) is 0 Å². The number of benzene rings is 2. The zero-order chi connectivity index (χ0) is 17.9. The highest BCUT2D eigenvalue weighted by Crippen LogP contribution is 2.26. The molecule has 2 N–H and O–H groups in total. The number of carbonyl (C=O) groups excluding carboxylic acids is 1. The molecule has 0 unspecified atom stereocenters. The van der Waals surface area contributed by atoms with Gasteiger partial charge >= 0.3 is 5.97 Å². The van der Waals surface area contributed by atoms with E-state index in [1.54, 1.807) is 0 Å². The molecule has 0 saturated heterocycles. The average Bonchev–Trinajstić information content (AvgIpc) is 2.64. The van der Waals surface area contributed by atoms with Gasteiger partial charge in [-0.15, -0.1) is 0 Å².